The Labute approximate surface area is 103 Å². The Balaban J connectivity index is 1.78. The van der Waals surface area contributed by atoms with Crippen LogP contribution in [0.5, 0.6) is 0 Å². The van der Waals surface area contributed by atoms with Gasteiger partial charge in [0.1, 0.15) is 0 Å². The average molecular weight is 237 g/mol. The van der Waals surface area contributed by atoms with Crippen LogP contribution in [0.1, 0.15) is 70.3 Å². The van der Waals surface area contributed by atoms with Gasteiger partial charge in [0.25, 0.3) is 0 Å². The first-order valence-corrected chi connectivity index (χ1v) is 8.05. The molecule has 1 aromatic heterocycles. The van der Waals surface area contributed by atoms with Crippen LogP contribution in [0.2, 0.25) is 0 Å². The lowest BCUT2D eigenvalue weighted by molar-refractivity contribution is 0.565. The van der Waals surface area contributed by atoms with E-state index in [1.54, 1.807) is 0 Å². The van der Waals surface area contributed by atoms with Gasteiger partial charge in [-0.1, -0.05) is 64.4 Å². The maximum Gasteiger partial charge on any atom is 0.00535 e. The van der Waals surface area contributed by atoms with Crippen LogP contribution in [0.4, 0.5) is 0 Å². The quantitative estimate of drug-likeness (QED) is 0.465. The standard InChI is InChI=1S/C15H26P/c1-2-3-4-5-6-7-8-9-10-11-15-12-13-16-14-15/h12-13,16H,2-11H2,1H3. The molecule has 0 aliphatic carbocycles. The van der Waals surface area contributed by atoms with Crippen molar-refractivity contribution in [2.45, 2.75) is 71.1 Å². The van der Waals surface area contributed by atoms with E-state index in [-0.39, 0.29) is 0 Å². The molecule has 1 heteroatoms. The van der Waals surface area contributed by atoms with Crippen LogP contribution in [-0.4, -0.2) is 0 Å². The minimum Gasteiger partial charge on any atom is -0.131 e. The second-order valence-corrected chi connectivity index (χ2v) is 5.58. The van der Waals surface area contributed by atoms with Crippen LogP contribution in [0.15, 0.2) is 11.9 Å². The highest BCUT2D eigenvalue weighted by molar-refractivity contribution is 7.28. The van der Waals surface area contributed by atoms with Gasteiger partial charge in [-0.25, -0.2) is 0 Å². The largest absolute Gasteiger partial charge is 0.131 e. The SMILES string of the molecule is CCCCCCCCCCCc1[c][pH]cc1. The second kappa shape index (κ2) is 9.97. The van der Waals surface area contributed by atoms with Crippen molar-refractivity contribution in [3.63, 3.8) is 0 Å². The van der Waals surface area contributed by atoms with Gasteiger partial charge in [-0.2, -0.15) is 0 Å². The van der Waals surface area contributed by atoms with Crippen LogP contribution < -0.4 is 0 Å². The van der Waals surface area contributed by atoms with E-state index in [1.807, 2.05) is 0 Å². The van der Waals surface area contributed by atoms with E-state index in [1.165, 1.54) is 69.8 Å². The Morgan fingerprint density at radius 1 is 0.938 bits per heavy atom. The van der Waals surface area contributed by atoms with E-state index in [0.717, 1.165) is 8.19 Å². The van der Waals surface area contributed by atoms with E-state index in [4.69, 9.17) is 0 Å². The van der Waals surface area contributed by atoms with E-state index >= 15 is 0 Å². The van der Waals surface area contributed by atoms with Crippen molar-refractivity contribution in [1.82, 2.24) is 0 Å². The molecule has 0 saturated carbocycles. The van der Waals surface area contributed by atoms with Gasteiger partial charge in [-0.05, 0) is 24.2 Å². The van der Waals surface area contributed by atoms with Gasteiger partial charge >= 0.3 is 0 Å². The Bertz CT molecular complexity index is 226. The molecule has 0 N–H and O–H groups in total. The number of aryl methyl sites for hydroxylation is 1. The van der Waals surface area contributed by atoms with Crippen molar-refractivity contribution in [2.24, 2.45) is 0 Å². The monoisotopic (exact) mass is 237 g/mol. The predicted molar refractivity (Wildman–Crippen MR) is 75.7 cm³/mol. The third-order valence-electron chi connectivity index (χ3n) is 3.15. The maximum absolute atomic E-state index is 3.42. The highest BCUT2D eigenvalue weighted by Crippen LogP contribution is 2.14. The van der Waals surface area contributed by atoms with E-state index < -0.39 is 0 Å². The summed E-state index contributed by atoms with van der Waals surface area (Å²) in [6.07, 6.45) is 14.1. The Kier molecular flexibility index (Phi) is 8.62. The molecule has 1 atom stereocenters. The first-order valence-electron chi connectivity index (χ1n) is 6.97. The zero-order chi connectivity index (χ0) is 11.5. The van der Waals surface area contributed by atoms with Crippen LogP contribution >= 0.6 is 8.19 Å². The molecule has 0 aliphatic rings. The third-order valence-corrected chi connectivity index (χ3v) is 3.95. The van der Waals surface area contributed by atoms with Gasteiger partial charge in [0, 0.05) is 5.80 Å². The minimum atomic E-state index is 0.833. The zero-order valence-electron chi connectivity index (χ0n) is 10.7. The van der Waals surface area contributed by atoms with E-state index in [0.29, 0.717) is 0 Å². The van der Waals surface area contributed by atoms with Crippen molar-refractivity contribution in [3.05, 3.63) is 23.2 Å². The van der Waals surface area contributed by atoms with Crippen LogP contribution in [0, 0.1) is 5.80 Å². The van der Waals surface area contributed by atoms with Crippen molar-refractivity contribution in [3.8, 4) is 0 Å². The molecule has 0 aliphatic heterocycles. The molecule has 1 rings (SSSR count). The fourth-order valence-electron chi connectivity index (χ4n) is 2.09. The van der Waals surface area contributed by atoms with E-state index in [9.17, 15) is 0 Å². The lowest BCUT2D eigenvalue weighted by atomic mass is 10.1. The van der Waals surface area contributed by atoms with Gasteiger partial charge in [0.2, 0.25) is 0 Å². The highest BCUT2D eigenvalue weighted by atomic mass is 31.0. The number of rotatable bonds is 10. The molecular weight excluding hydrogens is 211 g/mol. The first kappa shape index (κ1) is 13.8. The molecule has 0 aromatic carbocycles. The molecule has 0 fully saturated rings. The van der Waals surface area contributed by atoms with Gasteiger partial charge in [0.15, 0.2) is 0 Å². The summed E-state index contributed by atoms with van der Waals surface area (Å²) in [4.78, 5) is 0. The number of hydrogen-bond acceptors (Lipinski definition) is 0. The fraction of sp³-hybridized carbons (Fsp3) is 0.733. The zero-order valence-corrected chi connectivity index (χ0v) is 11.7. The number of unbranched alkanes of at least 4 members (excludes halogenated alkanes) is 8. The second-order valence-electron chi connectivity index (χ2n) is 4.71. The molecule has 16 heavy (non-hydrogen) atoms. The Morgan fingerprint density at radius 2 is 1.56 bits per heavy atom. The Hall–Kier alpha value is -0.220. The topological polar surface area (TPSA) is 0 Å². The minimum absolute atomic E-state index is 0.833. The molecule has 0 amide bonds. The van der Waals surface area contributed by atoms with Crippen LogP contribution in [0.25, 0.3) is 0 Å². The molecule has 1 unspecified atom stereocenters. The number of hydrogen-bond donors (Lipinski definition) is 0. The molecule has 91 valence electrons. The molecular formula is C15H26P. The summed E-state index contributed by atoms with van der Waals surface area (Å²) in [7, 11) is 0.833. The highest BCUT2D eigenvalue weighted by Gasteiger charge is 1.94. The van der Waals surface area contributed by atoms with Crippen molar-refractivity contribution >= 4 is 8.19 Å². The van der Waals surface area contributed by atoms with Crippen molar-refractivity contribution in [2.75, 3.05) is 0 Å². The smallest absolute Gasteiger partial charge is 0.00535 e. The third kappa shape index (κ3) is 7.12. The average Bonchev–Trinajstić information content (AvgIpc) is 2.80. The maximum atomic E-state index is 3.42. The van der Waals surface area contributed by atoms with Gasteiger partial charge < -0.3 is 0 Å². The normalized spacial score (nSPS) is 11.3. The van der Waals surface area contributed by atoms with Crippen molar-refractivity contribution in [1.29, 1.82) is 0 Å². The van der Waals surface area contributed by atoms with Gasteiger partial charge in [-0.3, -0.25) is 0 Å². The molecule has 1 radical (unpaired) electrons. The molecule has 1 aromatic rings. The molecule has 0 saturated heterocycles. The molecule has 0 spiro atoms. The summed E-state index contributed by atoms with van der Waals surface area (Å²) >= 11 is 0. The van der Waals surface area contributed by atoms with Gasteiger partial charge in [0.05, 0.1) is 0 Å². The van der Waals surface area contributed by atoms with Crippen LogP contribution in [0.3, 0.4) is 0 Å². The summed E-state index contributed by atoms with van der Waals surface area (Å²) in [6.45, 7) is 2.28. The molecule has 0 bridgehead atoms. The molecule has 1 heterocycles. The van der Waals surface area contributed by atoms with E-state index in [2.05, 4.69) is 24.6 Å². The Morgan fingerprint density at radius 3 is 2.12 bits per heavy atom. The van der Waals surface area contributed by atoms with Gasteiger partial charge in [-0.15, -0.1) is 8.19 Å². The summed E-state index contributed by atoms with van der Waals surface area (Å²) in [6, 6.07) is 2.25. The lowest BCUT2D eigenvalue weighted by Gasteiger charge is -2.01. The summed E-state index contributed by atoms with van der Waals surface area (Å²) < 4.78 is 0. The summed E-state index contributed by atoms with van der Waals surface area (Å²) in [5.74, 6) is 5.65. The van der Waals surface area contributed by atoms with Crippen LogP contribution in [-0.2, 0) is 6.42 Å². The first-order chi connectivity index (χ1) is 7.93. The summed E-state index contributed by atoms with van der Waals surface area (Å²) in [5.41, 5.74) is 1.46. The summed E-state index contributed by atoms with van der Waals surface area (Å²) in [5, 5.41) is 0. The van der Waals surface area contributed by atoms with Crippen molar-refractivity contribution < 1.29 is 0 Å². The lowest BCUT2D eigenvalue weighted by Crippen LogP contribution is -1.84. The molecule has 0 nitrogen and oxygen atoms in total. The fourth-order valence-corrected chi connectivity index (χ4v) is 2.85. The predicted octanol–water partition coefficient (Wildman–Crippen LogP) is 5.59.